The monoisotopic (exact) mass is 250 g/mol. The minimum Gasteiger partial charge on any atom is -0.618 e. The Morgan fingerprint density at radius 1 is 1.39 bits per heavy atom. The molecule has 0 aromatic carbocycles. The normalized spacial score (nSPS) is 12.0. The number of hydrogen-bond acceptors (Lipinski definition) is 4. The molecule has 0 saturated carbocycles. The molecule has 0 amide bonds. The number of nitrogens with zero attached hydrogens (tertiary/aromatic N) is 3. The van der Waals surface area contributed by atoms with Gasteiger partial charge in [-0.15, -0.1) is 0 Å². The van der Waals surface area contributed by atoms with Crippen LogP contribution in [0.3, 0.4) is 0 Å². The predicted molar refractivity (Wildman–Crippen MR) is 65.3 cm³/mol. The lowest BCUT2D eigenvalue weighted by molar-refractivity contribution is -0.579. The molecule has 7 heteroatoms. The van der Waals surface area contributed by atoms with Gasteiger partial charge in [-0.2, -0.15) is 4.73 Å². The molecule has 0 bridgehead atoms. The lowest BCUT2D eigenvalue weighted by atomic mass is 9.93. The molecular formula is C11H14N4O3. The van der Waals surface area contributed by atoms with Crippen molar-refractivity contribution < 1.29 is 4.73 Å². The molecule has 0 unspecified atom stereocenters. The molecule has 7 nitrogen and oxygen atoms in total. The summed E-state index contributed by atoms with van der Waals surface area (Å²) in [7, 11) is 1.30. The summed E-state index contributed by atoms with van der Waals surface area (Å²) < 4.78 is 1.30. The van der Waals surface area contributed by atoms with E-state index in [1.54, 1.807) is 0 Å². The first-order valence-electron chi connectivity index (χ1n) is 5.45. The highest BCUT2D eigenvalue weighted by Crippen LogP contribution is 2.18. The average Bonchev–Trinajstić information content (AvgIpc) is 2.23. The molecule has 0 fully saturated rings. The lowest BCUT2D eigenvalue weighted by Gasteiger charge is -2.16. The molecule has 0 atom stereocenters. The first-order valence-corrected chi connectivity index (χ1v) is 5.45. The first-order chi connectivity index (χ1) is 8.21. The molecule has 0 radical (unpaired) electrons. The summed E-state index contributed by atoms with van der Waals surface area (Å²) in [6.45, 7) is 5.67. The fourth-order valence-electron chi connectivity index (χ4n) is 1.56. The molecule has 0 saturated heterocycles. The number of hydrogen-bond donors (Lipinski definition) is 1. The molecule has 0 spiro atoms. The van der Waals surface area contributed by atoms with Crippen molar-refractivity contribution >= 4 is 11.2 Å². The van der Waals surface area contributed by atoms with Crippen molar-refractivity contribution in [1.82, 2.24) is 14.5 Å². The number of aromatic amines is 1. The SMILES string of the molecule is Cn1c(=O)[nH]c2nc(C(C)(C)C)c[n+]([O-])c2c1=O. The molecule has 0 aliphatic carbocycles. The summed E-state index contributed by atoms with van der Waals surface area (Å²) in [6.07, 6.45) is 1.27. The van der Waals surface area contributed by atoms with E-state index in [0.29, 0.717) is 10.4 Å². The highest BCUT2D eigenvalue weighted by molar-refractivity contribution is 5.64. The quantitative estimate of drug-likeness (QED) is 0.506. The third kappa shape index (κ3) is 1.77. The lowest BCUT2D eigenvalue weighted by Crippen LogP contribution is -2.42. The van der Waals surface area contributed by atoms with E-state index in [9.17, 15) is 14.8 Å². The number of fused-ring (bicyclic) bond motifs is 1. The van der Waals surface area contributed by atoms with Crippen LogP contribution in [0.25, 0.3) is 11.2 Å². The van der Waals surface area contributed by atoms with Crippen LogP contribution < -0.4 is 16.0 Å². The zero-order valence-corrected chi connectivity index (χ0v) is 10.6. The summed E-state index contributed by atoms with van der Waals surface area (Å²) in [6, 6.07) is 0. The Hall–Kier alpha value is -2.18. The summed E-state index contributed by atoms with van der Waals surface area (Å²) >= 11 is 0. The van der Waals surface area contributed by atoms with Crippen LogP contribution in [-0.4, -0.2) is 14.5 Å². The largest absolute Gasteiger partial charge is 0.618 e. The Morgan fingerprint density at radius 2 is 2.00 bits per heavy atom. The Bertz CT molecular complexity index is 737. The van der Waals surface area contributed by atoms with Gasteiger partial charge in [0.05, 0.1) is 0 Å². The molecule has 0 aliphatic rings. The smallest absolute Gasteiger partial charge is 0.331 e. The van der Waals surface area contributed by atoms with Gasteiger partial charge in [0.15, 0.2) is 0 Å². The van der Waals surface area contributed by atoms with E-state index in [1.165, 1.54) is 13.2 Å². The number of nitrogens with one attached hydrogen (secondary N) is 1. The van der Waals surface area contributed by atoms with Crippen molar-refractivity contribution in [1.29, 1.82) is 0 Å². The Balaban J connectivity index is 2.96. The van der Waals surface area contributed by atoms with E-state index >= 15 is 0 Å². The standard InChI is InChI=1S/C11H14N4O3/c1-11(2,3)6-5-15(18)7-8(12-6)13-10(17)14(4)9(7)16/h5H,1-4H3,(H,12,13,17). The molecule has 18 heavy (non-hydrogen) atoms. The Kier molecular flexibility index (Phi) is 2.50. The average molecular weight is 250 g/mol. The summed E-state index contributed by atoms with van der Waals surface area (Å²) in [5, 5.41) is 11.9. The van der Waals surface area contributed by atoms with Crippen LogP contribution in [0.4, 0.5) is 0 Å². The maximum atomic E-state index is 11.9. The fraction of sp³-hybridized carbons (Fsp3) is 0.455. The molecular weight excluding hydrogens is 236 g/mol. The predicted octanol–water partition coefficient (Wildman–Crippen LogP) is -0.447. The topological polar surface area (TPSA) is 94.7 Å². The highest BCUT2D eigenvalue weighted by atomic mass is 16.5. The molecule has 2 rings (SSSR count). The van der Waals surface area contributed by atoms with Gasteiger partial charge in [0.2, 0.25) is 11.8 Å². The van der Waals surface area contributed by atoms with Crippen molar-refractivity contribution in [3.63, 3.8) is 0 Å². The molecule has 2 aromatic heterocycles. The Morgan fingerprint density at radius 3 is 2.56 bits per heavy atom. The van der Waals surface area contributed by atoms with E-state index in [1.807, 2.05) is 20.8 Å². The van der Waals surface area contributed by atoms with E-state index < -0.39 is 11.2 Å². The van der Waals surface area contributed by atoms with Gasteiger partial charge in [0, 0.05) is 12.5 Å². The highest BCUT2D eigenvalue weighted by Gasteiger charge is 2.23. The minimum atomic E-state index is -0.656. The summed E-state index contributed by atoms with van der Waals surface area (Å²) in [5.41, 5.74) is -1.23. The van der Waals surface area contributed by atoms with Crippen molar-refractivity contribution in [2.45, 2.75) is 26.2 Å². The van der Waals surface area contributed by atoms with Crippen LogP contribution in [0.1, 0.15) is 26.5 Å². The molecule has 1 N–H and O–H groups in total. The third-order valence-corrected chi connectivity index (χ3v) is 2.72. The van der Waals surface area contributed by atoms with E-state index in [-0.39, 0.29) is 16.6 Å². The van der Waals surface area contributed by atoms with Crippen LogP contribution >= 0.6 is 0 Å². The van der Waals surface area contributed by atoms with E-state index in [2.05, 4.69) is 9.97 Å². The van der Waals surface area contributed by atoms with Gasteiger partial charge in [0.25, 0.3) is 0 Å². The van der Waals surface area contributed by atoms with Gasteiger partial charge >= 0.3 is 16.8 Å². The van der Waals surface area contributed by atoms with Crippen molar-refractivity contribution in [3.05, 3.63) is 37.9 Å². The van der Waals surface area contributed by atoms with E-state index in [4.69, 9.17) is 0 Å². The van der Waals surface area contributed by atoms with Crippen LogP contribution in [0, 0.1) is 5.21 Å². The number of H-pyrrole nitrogens is 1. The third-order valence-electron chi connectivity index (χ3n) is 2.72. The second-order valence-electron chi connectivity index (χ2n) is 5.19. The molecule has 2 heterocycles. The second-order valence-corrected chi connectivity index (χ2v) is 5.19. The Labute approximate surface area is 102 Å². The second kappa shape index (κ2) is 3.66. The van der Waals surface area contributed by atoms with Gasteiger partial charge in [-0.05, 0) is 0 Å². The van der Waals surface area contributed by atoms with Crippen molar-refractivity contribution in [2.24, 2.45) is 7.05 Å². The maximum absolute atomic E-state index is 11.9. The van der Waals surface area contributed by atoms with Crippen molar-refractivity contribution in [2.75, 3.05) is 0 Å². The van der Waals surface area contributed by atoms with Crippen LogP contribution in [-0.2, 0) is 12.5 Å². The summed E-state index contributed by atoms with van der Waals surface area (Å²) in [4.78, 5) is 29.9. The fourth-order valence-corrected chi connectivity index (χ4v) is 1.56. The zero-order valence-electron chi connectivity index (χ0n) is 10.6. The zero-order chi connectivity index (χ0) is 13.7. The van der Waals surface area contributed by atoms with Crippen LogP contribution in [0.2, 0.25) is 0 Å². The molecule has 0 aliphatic heterocycles. The molecule has 96 valence electrons. The molecule has 2 aromatic rings. The maximum Gasteiger partial charge on any atom is 0.331 e. The van der Waals surface area contributed by atoms with Crippen molar-refractivity contribution in [3.8, 4) is 0 Å². The van der Waals surface area contributed by atoms with Gasteiger partial charge in [-0.25, -0.2) is 9.78 Å². The minimum absolute atomic E-state index is 0.0190. The first kappa shape index (κ1) is 12.3. The van der Waals surface area contributed by atoms with Crippen LogP contribution in [0.15, 0.2) is 15.8 Å². The van der Waals surface area contributed by atoms with E-state index in [0.717, 1.165) is 4.57 Å². The van der Waals surface area contributed by atoms with Gasteiger partial charge in [0.1, 0.15) is 5.69 Å². The summed E-state index contributed by atoms with van der Waals surface area (Å²) in [5.74, 6) is 0. The number of aromatic nitrogens is 4. The number of rotatable bonds is 0. The van der Waals surface area contributed by atoms with Crippen LogP contribution in [0.5, 0.6) is 0 Å². The van der Waals surface area contributed by atoms with Gasteiger partial charge < -0.3 is 5.21 Å². The van der Waals surface area contributed by atoms with Gasteiger partial charge in [-0.3, -0.25) is 14.3 Å². The van der Waals surface area contributed by atoms with Gasteiger partial charge in [-0.1, -0.05) is 20.8 Å².